The molecule has 0 N–H and O–H groups in total. The van der Waals surface area contributed by atoms with E-state index in [1.165, 1.54) is 22.0 Å². The second-order valence-electron chi connectivity index (χ2n) is 4.87. The summed E-state index contributed by atoms with van der Waals surface area (Å²) < 4.78 is 2.17. The van der Waals surface area contributed by atoms with Crippen LogP contribution in [0.2, 0.25) is 0 Å². The molecule has 0 radical (unpaired) electrons. The molecule has 3 rings (SSSR count). The number of hydrogen-bond acceptors (Lipinski definition) is 1. The van der Waals surface area contributed by atoms with Crippen molar-refractivity contribution in [2.75, 3.05) is 0 Å². The molecule has 0 saturated heterocycles. The van der Waals surface area contributed by atoms with Gasteiger partial charge in [-0.05, 0) is 44.2 Å². The number of carbonyl (C=O) groups is 1. The van der Waals surface area contributed by atoms with Gasteiger partial charge in [-0.2, -0.15) is 0 Å². The second-order valence-corrected chi connectivity index (χ2v) is 4.87. The van der Waals surface area contributed by atoms with Gasteiger partial charge in [-0.1, -0.05) is 11.6 Å². The highest BCUT2D eigenvalue weighted by Crippen LogP contribution is 2.29. The number of hydrogen-bond donors (Lipinski definition) is 0. The van der Waals surface area contributed by atoms with Gasteiger partial charge in [0.05, 0.1) is 0 Å². The predicted molar refractivity (Wildman–Crippen MR) is 75.2 cm³/mol. The molecular formula is C16H15NO. The average Bonchev–Trinajstić information content (AvgIpc) is 2.62. The summed E-state index contributed by atoms with van der Waals surface area (Å²) >= 11 is 0. The zero-order valence-electron chi connectivity index (χ0n) is 10.8. The van der Waals surface area contributed by atoms with Crippen LogP contribution in [-0.2, 0) is 7.05 Å². The molecule has 1 aromatic heterocycles. The summed E-state index contributed by atoms with van der Waals surface area (Å²) in [6, 6.07) is 12.4. The molecule has 0 atom stereocenters. The van der Waals surface area contributed by atoms with Gasteiger partial charge in [0.1, 0.15) is 0 Å². The number of nitrogens with zero attached hydrogens (tertiary/aromatic N) is 1. The van der Waals surface area contributed by atoms with Crippen molar-refractivity contribution in [2.24, 2.45) is 7.05 Å². The molecule has 0 unspecified atom stereocenters. The SMILES string of the molecule is CC(=O)c1ccc2c(c1)c1cc(C)ccc1n2C. The van der Waals surface area contributed by atoms with Crippen LogP contribution in [0.3, 0.4) is 0 Å². The van der Waals surface area contributed by atoms with Crippen LogP contribution < -0.4 is 0 Å². The maximum absolute atomic E-state index is 11.5. The van der Waals surface area contributed by atoms with Crippen molar-refractivity contribution in [2.45, 2.75) is 13.8 Å². The van der Waals surface area contributed by atoms with E-state index in [2.05, 4.69) is 36.7 Å². The monoisotopic (exact) mass is 237 g/mol. The normalized spacial score (nSPS) is 11.3. The van der Waals surface area contributed by atoms with Gasteiger partial charge in [0.25, 0.3) is 0 Å². The molecule has 1 heterocycles. The molecule has 2 aromatic carbocycles. The summed E-state index contributed by atoms with van der Waals surface area (Å²) in [5.74, 6) is 0.113. The number of ketones is 1. The predicted octanol–water partition coefficient (Wildman–Crippen LogP) is 3.84. The first-order chi connectivity index (χ1) is 8.58. The Morgan fingerprint density at radius 2 is 1.61 bits per heavy atom. The highest BCUT2D eigenvalue weighted by Gasteiger charge is 2.10. The highest BCUT2D eigenvalue weighted by atomic mass is 16.1. The van der Waals surface area contributed by atoms with Gasteiger partial charge in [0, 0.05) is 34.4 Å². The summed E-state index contributed by atoms with van der Waals surface area (Å²) in [7, 11) is 2.06. The lowest BCUT2D eigenvalue weighted by atomic mass is 10.1. The summed E-state index contributed by atoms with van der Waals surface area (Å²) in [6.07, 6.45) is 0. The summed E-state index contributed by atoms with van der Waals surface area (Å²) in [5, 5.41) is 2.37. The van der Waals surface area contributed by atoms with Crippen molar-refractivity contribution in [1.82, 2.24) is 4.57 Å². The molecule has 0 aliphatic rings. The van der Waals surface area contributed by atoms with Crippen molar-refractivity contribution < 1.29 is 4.79 Å². The van der Waals surface area contributed by atoms with Crippen molar-refractivity contribution in [3.8, 4) is 0 Å². The molecule has 18 heavy (non-hydrogen) atoms. The van der Waals surface area contributed by atoms with Gasteiger partial charge in [-0.25, -0.2) is 0 Å². The van der Waals surface area contributed by atoms with Crippen molar-refractivity contribution >= 4 is 27.6 Å². The zero-order valence-corrected chi connectivity index (χ0v) is 10.8. The minimum absolute atomic E-state index is 0.113. The smallest absolute Gasteiger partial charge is 0.159 e. The number of fused-ring (bicyclic) bond motifs is 3. The van der Waals surface area contributed by atoms with Crippen LogP contribution in [0.1, 0.15) is 22.8 Å². The number of rotatable bonds is 1. The molecule has 2 heteroatoms. The van der Waals surface area contributed by atoms with Crippen molar-refractivity contribution in [3.05, 3.63) is 47.5 Å². The zero-order chi connectivity index (χ0) is 12.9. The second kappa shape index (κ2) is 3.70. The van der Waals surface area contributed by atoms with Gasteiger partial charge in [0.2, 0.25) is 0 Å². The van der Waals surface area contributed by atoms with E-state index in [1.807, 2.05) is 18.2 Å². The molecule has 0 aliphatic carbocycles. The van der Waals surface area contributed by atoms with Gasteiger partial charge in [-0.15, -0.1) is 0 Å². The van der Waals surface area contributed by atoms with Crippen LogP contribution in [0, 0.1) is 6.92 Å². The molecule has 0 fully saturated rings. The Bertz CT molecular complexity index is 780. The van der Waals surface area contributed by atoms with Gasteiger partial charge < -0.3 is 4.57 Å². The quantitative estimate of drug-likeness (QED) is 0.589. The average molecular weight is 237 g/mol. The lowest BCUT2D eigenvalue weighted by Crippen LogP contribution is -1.91. The third-order valence-corrected chi connectivity index (χ3v) is 3.57. The Balaban J connectivity index is 2.50. The number of aromatic nitrogens is 1. The van der Waals surface area contributed by atoms with E-state index in [1.54, 1.807) is 6.92 Å². The third-order valence-electron chi connectivity index (χ3n) is 3.57. The third kappa shape index (κ3) is 1.46. The molecule has 0 saturated carbocycles. The van der Waals surface area contributed by atoms with Crippen LogP contribution >= 0.6 is 0 Å². The molecule has 3 aromatic rings. The maximum Gasteiger partial charge on any atom is 0.159 e. The topological polar surface area (TPSA) is 22.0 Å². The van der Waals surface area contributed by atoms with E-state index in [0.717, 1.165) is 10.9 Å². The Hall–Kier alpha value is -2.09. The summed E-state index contributed by atoms with van der Waals surface area (Å²) in [5.41, 5.74) is 4.39. The number of benzene rings is 2. The first-order valence-corrected chi connectivity index (χ1v) is 6.07. The van der Waals surface area contributed by atoms with E-state index in [-0.39, 0.29) is 5.78 Å². The molecular weight excluding hydrogens is 222 g/mol. The van der Waals surface area contributed by atoms with Gasteiger partial charge in [0.15, 0.2) is 5.78 Å². The standard InChI is InChI=1S/C16H15NO/c1-10-4-6-15-13(8-10)14-9-12(11(2)18)5-7-16(14)17(15)3/h4-9H,1-3H3. The Kier molecular flexibility index (Phi) is 2.27. The Morgan fingerprint density at radius 3 is 2.28 bits per heavy atom. The summed E-state index contributed by atoms with van der Waals surface area (Å²) in [4.78, 5) is 11.5. The fourth-order valence-corrected chi connectivity index (χ4v) is 2.55. The van der Waals surface area contributed by atoms with Crippen molar-refractivity contribution in [1.29, 1.82) is 0 Å². The van der Waals surface area contributed by atoms with E-state index >= 15 is 0 Å². The summed E-state index contributed by atoms with van der Waals surface area (Å²) in [6.45, 7) is 3.70. The Morgan fingerprint density at radius 1 is 1.00 bits per heavy atom. The van der Waals surface area contributed by atoms with E-state index in [9.17, 15) is 4.79 Å². The van der Waals surface area contributed by atoms with Gasteiger partial charge >= 0.3 is 0 Å². The molecule has 0 bridgehead atoms. The lowest BCUT2D eigenvalue weighted by molar-refractivity contribution is 0.101. The highest BCUT2D eigenvalue weighted by molar-refractivity contribution is 6.10. The fourth-order valence-electron chi connectivity index (χ4n) is 2.55. The Labute approximate surface area is 106 Å². The fraction of sp³-hybridized carbons (Fsp3) is 0.188. The van der Waals surface area contributed by atoms with Crippen LogP contribution in [0.5, 0.6) is 0 Å². The maximum atomic E-state index is 11.5. The first kappa shape index (κ1) is 11.0. The van der Waals surface area contributed by atoms with E-state index in [4.69, 9.17) is 0 Å². The molecule has 90 valence electrons. The van der Waals surface area contributed by atoms with Crippen molar-refractivity contribution in [3.63, 3.8) is 0 Å². The van der Waals surface area contributed by atoms with E-state index < -0.39 is 0 Å². The first-order valence-electron chi connectivity index (χ1n) is 6.07. The van der Waals surface area contributed by atoms with Crippen LogP contribution in [0.4, 0.5) is 0 Å². The van der Waals surface area contributed by atoms with Gasteiger partial charge in [-0.3, -0.25) is 4.79 Å². The molecule has 0 amide bonds. The minimum Gasteiger partial charge on any atom is -0.344 e. The number of carbonyl (C=O) groups excluding carboxylic acids is 1. The lowest BCUT2D eigenvalue weighted by Gasteiger charge is -1.98. The minimum atomic E-state index is 0.113. The van der Waals surface area contributed by atoms with Crippen LogP contribution in [-0.4, -0.2) is 10.4 Å². The van der Waals surface area contributed by atoms with Crippen LogP contribution in [0.15, 0.2) is 36.4 Å². The number of Topliss-reactive ketones (excluding diaryl/α,β-unsaturated/α-hetero) is 1. The van der Waals surface area contributed by atoms with E-state index in [0.29, 0.717) is 0 Å². The molecule has 0 spiro atoms. The molecule has 0 aliphatic heterocycles. The molecule has 2 nitrogen and oxygen atoms in total. The largest absolute Gasteiger partial charge is 0.344 e. The van der Waals surface area contributed by atoms with Crippen LogP contribution in [0.25, 0.3) is 21.8 Å². The number of aryl methyl sites for hydroxylation is 2.